The molecule has 0 saturated heterocycles. The van der Waals surface area contributed by atoms with Gasteiger partial charge in [-0.3, -0.25) is 24.0 Å². The summed E-state index contributed by atoms with van der Waals surface area (Å²) in [6, 6.07) is -3.82. The van der Waals surface area contributed by atoms with Gasteiger partial charge in [0, 0.05) is 0 Å². The van der Waals surface area contributed by atoms with Crippen molar-refractivity contribution in [2.45, 2.75) is 44.8 Å². The molecule has 0 aliphatic rings. The van der Waals surface area contributed by atoms with Crippen LogP contribution in [0.3, 0.4) is 0 Å². The molecule has 9 N–H and O–H groups in total. The lowest BCUT2D eigenvalue weighted by Crippen LogP contribution is -2.58. The minimum atomic E-state index is -1.48. The molecule has 0 bridgehead atoms. The van der Waals surface area contributed by atoms with Crippen LogP contribution < -0.4 is 27.4 Å². The van der Waals surface area contributed by atoms with Gasteiger partial charge in [-0.25, -0.2) is 0 Å². The molecular weight excluding hydrogens is 362 g/mol. The molecule has 0 aliphatic heterocycles. The van der Waals surface area contributed by atoms with Crippen LogP contribution in [0, 0.1) is 5.92 Å². The Labute approximate surface area is 156 Å². The first-order chi connectivity index (χ1) is 12.5. The van der Waals surface area contributed by atoms with Gasteiger partial charge in [0.15, 0.2) is 0 Å². The second-order valence-corrected chi connectivity index (χ2v) is 6.00. The fourth-order valence-corrected chi connectivity index (χ4v) is 1.94. The first-order valence-corrected chi connectivity index (χ1v) is 8.28. The summed E-state index contributed by atoms with van der Waals surface area (Å²) in [4.78, 5) is 57.9. The molecule has 0 heterocycles. The van der Waals surface area contributed by atoms with Crippen LogP contribution in [0.4, 0.5) is 0 Å². The molecule has 27 heavy (non-hydrogen) atoms. The molecule has 12 nitrogen and oxygen atoms in total. The zero-order valence-corrected chi connectivity index (χ0v) is 15.2. The number of hydrogen-bond acceptors (Lipinski definition) is 7. The molecule has 0 aromatic carbocycles. The van der Waals surface area contributed by atoms with Crippen LogP contribution in [-0.4, -0.2) is 71.1 Å². The molecule has 0 fully saturated rings. The lowest BCUT2D eigenvalue weighted by Gasteiger charge is -2.24. The van der Waals surface area contributed by atoms with Gasteiger partial charge in [0.1, 0.15) is 18.6 Å². The highest BCUT2D eigenvalue weighted by molar-refractivity contribution is 5.95. The number of amides is 4. The van der Waals surface area contributed by atoms with E-state index in [0.29, 0.717) is 6.42 Å². The van der Waals surface area contributed by atoms with Gasteiger partial charge in [-0.15, -0.1) is 0 Å². The molecule has 154 valence electrons. The summed E-state index contributed by atoms with van der Waals surface area (Å²) in [7, 11) is 0. The van der Waals surface area contributed by atoms with Crippen LogP contribution in [0.15, 0.2) is 0 Å². The van der Waals surface area contributed by atoms with E-state index < -0.39 is 67.3 Å². The number of carboxylic acids is 1. The largest absolute Gasteiger partial charge is 0.480 e. The highest BCUT2D eigenvalue weighted by Crippen LogP contribution is 2.06. The third-order valence-corrected chi connectivity index (χ3v) is 3.83. The zero-order chi connectivity index (χ0) is 21.1. The number of aliphatic carboxylic acids is 1. The monoisotopic (exact) mass is 389 g/mol. The van der Waals surface area contributed by atoms with Crippen molar-refractivity contribution in [2.75, 3.05) is 13.2 Å². The number of nitrogens with one attached hydrogen (secondary N) is 3. The van der Waals surface area contributed by atoms with Crippen molar-refractivity contribution < 1.29 is 34.2 Å². The second-order valence-electron chi connectivity index (χ2n) is 6.00. The summed E-state index contributed by atoms with van der Waals surface area (Å²) in [5.74, 6) is -4.97. The summed E-state index contributed by atoms with van der Waals surface area (Å²) in [6.07, 6.45) is 0.0529. The molecule has 4 atom stereocenters. The molecule has 0 aromatic heterocycles. The normalized spacial score (nSPS) is 15.0. The van der Waals surface area contributed by atoms with Crippen LogP contribution in [0.2, 0.25) is 0 Å². The van der Waals surface area contributed by atoms with Crippen molar-refractivity contribution in [2.24, 2.45) is 17.4 Å². The Morgan fingerprint density at radius 2 is 1.56 bits per heavy atom. The molecular formula is C15H27N5O7. The highest BCUT2D eigenvalue weighted by atomic mass is 16.4. The van der Waals surface area contributed by atoms with Gasteiger partial charge in [-0.05, 0) is 5.92 Å². The third kappa shape index (κ3) is 8.96. The van der Waals surface area contributed by atoms with E-state index in [1.54, 1.807) is 6.92 Å². The molecule has 4 amide bonds. The molecule has 0 aliphatic carbocycles. The fourth-order valence-electron chi connectivity index (χ4n) is 1.94. The zero-order valence-electron chi connectivity index (χ0n) is 15.2. The Morgan fingerprint density at radius 3 is 2.00 bits per heavy atom. The summed E-state index contributed by atoms with van der Waals surface area (Å²) in [6.45, 7) is 2.02. The Bertz CT molecular complexity index is 569. The number of carbonyl (C=O) groups excluding carboxylic acids is 4. The minimum Gasteiger partial charge on any atom is -0.480 e. The standard InChI is InChI=1S/C15H27N5O7/c1-3-7(2)12(17)15(27)19-8(4-10(16)22)14(26)20-9(6-21)13(25)18-5-11(23)24/h7-9,12,21H,3-6,17H2,1-2H3,(H2,16,22)(H,18,25)(H,19,27)(H,20,26)(H,23,24). The number of hydrogen-bond donors (Lipinski definition) is 7. The molecule has 4 unspecified atom stereocenters. The quantitative estimate of drug-likeness (QED) is 0.176. The molecule has 0 spiro atoms. The van der Waals surface area contributed by atoms with Crippen molar-refractivity contribution in [1.82, 2.24) is 16.0 Å². The highest BCUT2D eigenvalue weighted by Gasteiger charge is 2.30. The number of aliphatic hydroxyl groups is 1. The van der Waals surface area contributed by atoms with Crippen LogP contribution in [0.1, 0.15) is 26.7 Å². The molecule has 0 radical (unpaired) electrons. The summed E-state index contributed by atoms with van der Waals surface area (Å²) < 4.78 is 0. The summed E-state index contributed by atoms with van der Waals surface area (Å²) >= 11 is 0. The maximum atomic E-state index is 12.3. The third-order valence-electron chi connectivity index (χ3n) is 3.83. The number of primary amides is 1. The molecule has 12 heteroatoms. The SMILES string of the molecule is CCC(C)C(N)C(=O)NC(CC(N)=O)C(=O)NC(CO)C(=O)NCC(=O)O. The van der Waals surface area contributed by atoms with Gasteiger partial charge in [0.2, 0.25) is 23.6 Å². The van der Waals surface area contributed by atoms with E-state index in [9.17, 15) is 29.1 Å². The van der Waals surface area contributed by atoms with Crippen LogP contribution >= 0.6 is 0 Å². The van der Waals surface area contributed by atoms with Crippen LogP contribution in [0.25, 0.3) is 0 Å². The van der Waals surface area contributed by atoms with E-state index in [1.807, 2.05) is 12.2 Å². The first-order valence-electron chi connectivity index (χ1n) is 8.28. The van der Waals surface area contributed by atoms with E-state index in [1.165, 1.54) is 0 Å². The average molecular weight is 389 g/mol. The van der Waals surface area contributed by atoms with Crippen molar-refractivity contribution in [3.8, 4) is 0 Å². The Kier molecular flexibility index (Phi) is 10.6. The number of nitrogens with two attached hydrogens (primary N) is 2. The predicted molar refractivity (Wildman–Crippen MR) is 92.8 cm³/mol. The second kappa shape index (κ2) is 11.8. The predicted octanol–water partition coefficient (Wildman–Crippen LogP) is -3.60. The Hall–Kier alpha value is -2.73. The van der Waals surface area contributed by atoms with Gasteiger partial charge in [0.05, 0.1) is 19.1 Å². The number of aliphatic hydroxyl groups excluding tert-OH is 1. The van der Waals surface area contributed by atoms with Gasteiger partial charge < -0.3 is 37.6 Å². The van der Waals surface area contributed by atoms with E-state index in [-0.39, 0.29) is 5.92 Å². The fraction of sp³-hybridized carbons (Fsp3) is 0.667. The van der Waals surface area contributed by atoms with Crippen molar-refractivity contribution in [3.05, 3.63) is 0 Å². The molecule has 0 rings (SSSR count). The summed E-state index contributed by atoms with van der Waals surface area (Å²) in [5, 5.41) is 24.2. The Morgan fingerprint density at radius 1 is 1.00 bits per heavy atom. The van der Waals surface area contributed by atoms with Crippen molar-refractivity contribution in [1.29, 1.82) is 0 Å². The topological polar surface area (TPSA) is 214 Å². The lowest BCUT2D eigenvalue weighted by atomic mass is 9.99. The molecule has 0 saturated carbocycles. The van der Waals surface area contributed by atoms with E-state index >= 15 is 0 Å². The first kappa shape index (κ1) is 24.3. The van der Waals surface area contributed by atoms with Gasteiger partial charge in [-0.1, -0.05) is 20.3 Å². The Balaban J connectivity index is 5.08. The van der Waals surface area contributed by atoms with Crippen LogP contribution in [-0.2, 0) is 24.0 Å². The lowest BCUT2D eigenvalue weighted by molar-refractivity contribution is -0.139. The van der Waals surface area contributed by atoms with Gasteiger partial charge >= 0.3 is 5.97 Å². The number of rotatable bonds is 12. The molecule has 0 aromatic rings. The van der Waals surface area contributed by atoms with Crippen LogP contribution in [0.5, 0.6) is 0 Å². The van der Waals surface area contributed by atoms with E-state index in [0.717, 1.165) is 0 Å². The van der Waals surface area contributed by atoms with Gasteiger partial charge in [-0.2, -0.15) is 0 Å². The smallest absolute Gasteiger partial charge is 0.322 e. The van der Waals surface area contributed by atoms with E-state index in [4.69, 9.17) is 16.6 Å². The minimum absolute atomic E-state index is 0.186. The summed E-state index contributed by atoms with van der Waals surface area (Å²) in [5.41, 5.74) is 10.9. The van der Waals surface area contributed by atoms with Crippen molar-refractivity contribution >= 4 is 29.6 Å². The number of carboxylic acid groups (broad SMARTS) is 1. The van der Waals surface area contributed by atoms with Gasteiger partial charge in [0.25, 0.3) is 0 Å². The van der Waals surface area contributed by atoms with Crippen molar-refractivity contribution in [3.63, 3.8) is 0 Å². The maximum Gasteiger partial charge on any atom is 0.322 e. The number of carbonyl (C=O) groups is 5. The van der Waals surface area contributed by atoms with E-state index in [2.05, 4.69) is 10.6 Å². The average Bonchev–Trinajstić information content (AvgIpc) is 2.61. The maximum absolute atomic E-state index is 12.3.